The smallest absolute Gasteiger partial charge is 0.243 e. The summed E-state index contributed by atoms with van der Waals surface area (Å²) in [5.41, 5.74) is 2.77. The minimum Gasteiger partial charge on any atom is -0.377 e. The van der Waals surface area contributed by atoms with E-state index in [4.69, 9.17) is 9.94 Å². The first-order chi connectivity index (χ1) is 9.26. The molecule has 1 amide bonds. The quantitative estimate of drug-likeness (QED) is 0.431. The van der Waals surface area contributed by atoms with Crippen LogP contribution in [-0.2, 0) is 9.53 Å². The summed E-state index contributed by atoms with van der Waals surface area (Å²) < 4.78 is 5.37. The number of nitrogens with one attached hydrogen (secondary N) is 1. The SMILES string of the molecule is COC(/C=C/c1ccccc1)CCCCC(=O)NO. The van der Waals surface area contributed by atoms with Gasteiger partial charge >= 0.3 is 0 Å². The number of ether oxygens (including phenoxy) is 1. The van der Waals surface area contributed by atoms with E-state index in [0.717, 1.165) is 24.8 Å². The first-order valence-electron chi connectivity index (χ1n) is 6.45. The Balaban J connectivity index is 2.30. The molecule has 19 heavy (non-hydrogen) atoms. The van der Waals surface area contributed by atoms with Gasteiger partial charge in [0.2, 0.25) is 5.91 Å². The highest BCUT2D eigenvalue weighted by atomic mass is 16.5. The van der Waals surface area contributed by atoms with Gasteiger partial charge in [0, 0.05) is 13.5 Å². The highest BCUT2D eigenvalue weighted by Gasteiger charge is 2.04. The van der Waals surface area contributed by atoms with Crippen LogP contribution in [0.25, 0.3) is 6.08 Å². The molecule has 0 saturated heterocycles. The number of hydrogen-bond donors (Lipinski definition) is 2. The first kappa shape index (κ1) is 15.4. The molecule has 0 aliphatic heterocycles. The Morgan fingerprint density at radius 2 is 2.11 bits per heavy atom. The number of rotatable bonds is 8. The van der Waals surface area contributed by atoms with Gasteiger partial charge in [0.25, 0.3) is 0 Å². The average molecular weight is 263 g/mol. The molecular weight excluding hydrogens is 242 g/mol. The Morgan fingerprint density at radius 3 is 2.74 bits per heavy atom. The molecule has 0 aliphatic carbocycles. The maximum atomic E-state index is 10.8. The highest BCUT2D eigenvalue weighted by Crippen LogP contribution is 2.10. The zero-order chi connectivity index (χ0) is 13.9. The van der Waals surface area contributed by atoms with Crippen molar-refractivity contribution in [2.24, 2.45) is 0 Å². The van der Waals surface area contributed by atoms with Crippen LogP contribution in [0.3, 0.4) is 0 Å². The minimum atomic E-state index is -0.339. The lowest BCUT2D eigenvalue weighted by molar-refractivity contribution is -0.129. The summed E-state index contributed by atoms with van der Waals surface area (Å²) in [5, 5.41) is 8.36. The third kappa shape index (κ3) is 6.74. The third-order valence-corrected chi connectivity index (χ3v) is 2.87. The van der Waals surface area contributed by atoms with Gasteiger partial charge in [0.05, 0.1) is 6.10 Å². The molecule has 0 fully saturated rings. The number of amides is 1. The van der Waals surface area contributed by atoms with Crippen molar-refractivity contribution in [3.8, 4) is 0 Å². The van der Waals surface area contributed by atoms with Gasteiger partial charge in [-0.15, -0.1) is 0 Å². The number of carbonyl (C=O) groups excluding carboxylic acids is 1. The van der Waals surface area contributed by atoms with Gasteiger partial charge in [-0.1, -0.05) is 48.9 Å². The van der Waals surface area contributed by atoms with E-state index >= 15 is 0 Å². The van der Waals surface area contributed by atoms with Crippen molar-refractivity contribution >= 4 is 12.0 Å². The summed E-state index contributed by atoms with van der Waals surface area (Å²) in [6, 6.07) is 10.0. The van der Waals surface area contributed by atoms with Crippen LogP contribution in [0, 0.1) is 0 Å². The minimum absolute atomic E-state index is 0.0531. The van der Waals surface area contributed by atoms with Crippen molar-refractivity contribution in [1.82, 2.24) is 5.48 Å². The second-order valence-electron chi connectivity index (χ2n) is 4.32. The van der Waals surface area contributed by atoms with Crippen LogP contribution in [0.15, 0.2) is 36.4 Å². The highest BCUT2D eigenvalue weighted by molar-refractivity contribution is 5.74. The topological polar surface area (TPSA) is 58.6 Å². The van der Waals surface area contributed by atoms with E-state index < -0.39 is 0 Å². The molecule has 4 heteroatoms. The Bertz CT molecular complexity index is 390. The predicted octanol–water partition coefficient (Wildman–Crippen LogP) is 2.78. The summed E-state index contributed by atoms with van der Waals surface area (Å²) >= 11 is 0. The van der Waals surface area contributed by atoms with Crippen LogP contribution in [0.4, 0.5) is 0 Å². The largest absolute Gasteiger partial charge is 0.377 e. The van der Waals surface area contributed by atoms with Gasteiger partial charge in [-0.05, 0) is 18.4 Å². The lowest BCUT2D eigenvalue weighted by atomic mass is 10.1. The number of hydrogen-bond acceptors (Lipinski definition) is 3. The number of carbonyl (C=O) groups is 1. The first-order valence-corrected chi connectivity index (χ1v) is 6.45. The molecule has 1 aromatic rings. The van der Waals surface area contributed by atoms with Crippen molar-refractivity contribution in [2.75, 3.05) is 7.11 Å². The van der Waals surface area contributed by atoms with Crippen LogP contribution in [0.5, 0.6) is 0 Å². The molecule has 1 unspecified atom stereocenters. The van der Waals surface area contributed by atoms with Crippen LogP contribution < -0.4 is 5.48 Å². The van der Waals surface area contributed by atoms with Gasteiger partial charge in [0.1, 0.15) is 0 Å². The second-order valence-corrected chi connectivity index (χ2v) is 4.32. The molecular formula is C15H21NO3. The number of hydroxylamine groups is 1. The molecule has 1 atom stereocenters. The molecule has 0 saturated carbocycles. The van der Waals surface area contributed by atoms with Crippen molar-refractivity contribution in [3.63, 3.8) is 0 Å². The van der Waals surface area contributed by atoms with Crippen LogP contribution >= 0.6 is 0 Å². The maximum absolute atomic E-state index is 10.8. The van der Waals surface area contributed by atoms with E-state index in [-0.39, 0.29) is 12.0 Å². The van der Waals surface area contributed by atoms with E-state index in [1.165, 1.54) is 0 Å². The Hall–Kier alpha value is -1.65. The summed E-state index contributed by atoms with van der Waals surface area (Å²) in [7, 11) is 1.68. The molecule has 0 heterocycles. The van der Waals surface area contributed by atoms with E-state index in [1.54, 1.807) is 12.6 Å². The monoisotopic (exact) mass is 263 g/mol. The molecule has 2 N–H and O–H groups in total. The van der Waals surface area contributed by atoms with Gasteiger partial charge in [-0.3, -0.25) is 10.0 Å². The van der Waals surface area contributed by atoms with Crippen LogP contribution in [-0.4, -0.2) is 24.3 Å². The van der Waals surface area contributed by atoms with Crippen molar-refractivity contribution < 1.29 is 14.7 Å². The fourth-order valence-electron chi connectivity index (χ4n) is 1.76. The summed E-state index contributed by atoms with van der Waals surface area (Å²) in [6.07, 6.45) is 6.94. The van der Waals surface area contributed by atoms with Crippen molar-refractivity contribution in [2.45, 2.75) is 31.8 Å². The van der Waals surface area contributed by atoms with Crippen LogP contribution in [0.2, 0.25) is 0 Å². The van der Waals surface area contributed by atoms with E-state index in [0.29, 0.717) is 6.42 Å². The van der Waals surface area contributed by atoms with Gasteiger partial charge in [0.15, 0.2) is 0 Å². The second kappa shape index (κ2) is 9.30. The zero-order valence-electron chi connectivity index (χ0n) is 11.2. The molecule has 4 nitrogen and oxygen atoms in total. The molecule has 0 radical (unpaired) electrons. The zero-order valence-corrected chi connectivity index (χ0v) is 11.2. The maximum Gasteiger partial charge on any atom is 0.243 e. The van der Waals surface area contributed by atoms with Gasteiger partial charge in [-0.2, -0.15) is 0 Å². The molecule has 1 rings (SSSR count). The van der Waals surface area contributed by atoms with Gasteiger partial charge in [-0.25, -0.2) is 5.48 Å². The fourth-order valence-corrected chi connectivity index (χ4v) is 1.76. The number of benzene rings is 1. The lowest BCUT2D eigenvalue weighted by Crippen LogP contribution is -2.18. The van der Waals surface area contributed by atoms with E-state index in [9.17, 15) is 4.79 Å². The Labute approximate surface area is 114 Å². The standard InChI is InChI=1S/C15H21NO3/c1-19-14(9-5-6-10-15(17)16-18)12-11-13-7-3-2-4-8-13/h2-4,7-8,11-12,14,18H,5-6,9-10H2,1H3,(H,16,17)/b12-11+. The number of unbranched alkanes of at least 4 members (excludes halogenated alkanes) is 1. The summed E-state index contributed by atoms with van der Waals surface area (Å²) in [4.78, 5) is 10.8. The summed E-state index contributed by atoms with van der Waals surface area (Å²) in [5.74, 6) is -0.339. The molecule has 1 aromatic carbocycles. The molecule has 0 aromatic heterocycles. The Kier molecular flexibility index (Phi) is 7.54. The Morgan fingerprint density at radius 1 is 1.37 bits per heavy atom. The van der Waals surface area contributed by atoms with Gasteiger partial charge < -0.3 is 4.74 Å². The number of methoxy groups -OCH3 is 1. The third-order valence-electron chi connectivity index (χ3n) is 2.87. The molecule has 0 bridgehead atoms. The van der Waals surface area contributed by atoms with Crippen LogP contribution in [0.1, 0.15) is 31.2 Å². The lowest BCUT2D eigenvalue weighted by Gasteiger charge is -2.10. The molecule has 0 spiro atoms. The van der Waals surface area contributed by atoms with Crippen molar-refractivity contribution in [3.05, 3.63) is 42.0 Å². The predicted molar refractivity (Wildman–Crippen MR) is 74.7 cm³/mol. The molecule has 0 aliphatic rings. The van der Waals surface area contributed by atoms with Crippen molar-refractivity contribution in [1.29, 1.82) is 0 Å². The van der Waals surface area contributed by atoms with E-state index in [1.807, 2.05) is 42.5 Å². The van der Waals surface area contributed by atoms with E-state index in [2.05, 4.69) is 0 Å². The normalized spacial score (nSPS) is 12.5. The molecule has 104 valence electrons. The summed E-state index contributed by atoms with van der Waals surface area (Å²) in [6.45, 7) is 0. The average Bonchev–Trinajstić information content (AvgIpc) is 2.47. The fraction of sp³-hybridized carbons (Fsp3) is 0.400.